The molecular weight excluding hydrogens is 511 g/mol. The summed E-state index contributed by atoms with van der Waals surface area (Å²) in [5.41, 5.74) is 2.10. The molecule has 2 heterocycles. The molecule has 0 spiro atoms. The summed E-state index contributed by atoms with van der Waals surface area (Å²) in [4.78, 5) is 32.0. The molecule has 0 aliphatic carbocycles. The maximum atomic E-state index is 13.4. The number of hydrogen-bond donors (Lipinski definition) is 0. The molecular formula is C29H28F3N3O4. The van der Waals surface area contributed by atoms with Gasteiger partial charge in [0.15, 0.2) is 0 Å². The molecule has 2 aliphatic heterocycles. The first-order chi connectivity index (χ1) is 18.7. The Balaban J connectivity index is 1.28. The smallest absolute Gasteiger partial charge is 0.416 e. The molecule has 0 unspecified atom stereocenters. The van der Waals surface area contributed by atoms with Gasteiger partial charge in [-0.2, -0.15) is 13.2 Å². The van der Waals surface area contributed by atoms with Crippen molar-refractivity contribution in [3.05, 3.63) is 88.5 Å². The monoisotopic (exact) mass is 539 g/mol. The van der Waals surface area contributed by atoms with Gasteiger partial charge < -0.3 is 14.4 Å². The molecule has 0 N–H and O–H groups in total. The van der Waals surface area contributed by atoms with Crippen molar-refractivity contribution < 1.29 is 32.2 Å². The minimum Gasteiger partial charge on any atom is -0.497 e. The zero-order valence-corrected chi connectivity index (χ0v) is 21.6. The molecule has 0 atom stereocenters. The van der Waals surface area contributed by atoms with Crippen LogP contribution in [-0.4, -0.2) is 62.0 Å². The van der Waals surface area contributed by atoms with Crippen molar-refractivity contribution in [2.24, 2.45) is 0 Å². The number of carbonyl (C=O) groups excluding carboxylic acids is 2. The minimum absolute atomic E-state index is 0.0955. The van der Waals surface area contributed by atoms with Crippen molar-refractivity contribution >= 4 is 17.5 Å². The Morgan fingerprint density at radius 3 is 2.00 bits per heavy atom. The predicted octanol–water partition coefficient (Wildman–Crippen LogP) is 4.84. The van der Waals surface area contributed by atoms with E-state index in [0.29, 0.717) is 42.0 Å². The van der Waals surface area contributed by atoms with Crippen molar-refractivity contribution in [2.75, 3.05) is 45.3 Å². The number of alkyl halides is 3. The topological polar surface area (TPSA) is 62.3 Å². The van der Waals surface area contributed by atoms with E-state index in [-0.39, 0.29) is 6.54 Å². The van der Waals surface area contributed by atoms with Crippen molar-refractivity contribution in [2.45, 2.75) is 19.3 Å². The number of nitrogens with zero attached hydrogens (tertiary/aromatic N) is 3. The zero-order valence-electron chi connectivity index (χ0n) is 21.6. The number of piperazine rings is 1. The summed E-state index contributed by atoms with van der Waals surface area (Å²) in [6, 6.07) is 15.5. The lowest BCUT2D eigenvalue weighted by Gasteiger charge is -2.36. The van der Waals surface area contributed by atoms with Crippen molar-refractivity contribution in [3.8, 4) is 11.5 Å². The van der Waals surface area contributed by atoms with Crippen LogP contribution < -0.4 is 14.4 Å². The second-order valence-corrected chi connectivity index (χ2v) is 9.57. The Morgan fingerprint density at radius 2 is 1.41 bits per heavy atom. The van der Waals surface area contributed by atoms with Gasteiger partial charge in [-0.05, 0) is 47.5 Å². The number of rotatable bonds is 7. The molecule has 39 heavy (non-hydrogen) atoms. The first kappa shape index (κ1) is 26.6. The highest BCUT2D eigenvalue weighted by Gasteiger charge is 2.39. The molecule has 0 bridgehead atoms. The number of benzene rings is 3. The Labute approximate surface area is 224 Å². The third kappa shape index (κ3) is 5.42. The van der Waals surface area contributed by atoms with Gasteiger partial charge in [-0.3, -0.25) is 19.4 Å². The number of amides is 2. The normalized spacial score (nSPS) is 16.0. The fraction of sp³-hybridized carbons (Fsp3) is 0.310. The Kier molecular flexibility index (Phi) is 7.22. The second-order valence-electron chi connectivity index (χ2n) is 9.57. The van der Waals surface area contributed by atoms with E-state index in [1.165, 1.54) is 12.1 Å². The molecule has 2 aliphatic rings. The van der Waals surface area contributed by atoms with Gasteiger partial charge in [0.25, 0.3) is 11.8 Å². The third-order valence-corrected chi connectivity index (χ3v) is 7.13. The van der Waals surface area contributed by atoms with Gasteiger partial charge in [-0.1, -0.05) is 18.2 Å². The standard InChI is InChI=1S/C29H28F3N3O4/c1-38-22-14-20(15-23(16-22)39-2)17-33-10-12-34(13-11-33)25-5-3-4-24-26(25)28(37)35(27(24)36)18-19-6-8-21(9-7-19)29(30,31)32/h3-9,14-16H,10-13,17-18H2,1-2H3. The van der Waals surface area contributed by atoms with E-state index in [1.54, 1.807) is 26.4 Å². The third-order valence-electron chi connectivity index (χ3n) is 7.13. The Morgan fingerprint density at radius 1 is 0.769 bits per heavy atom. The Bertz CT molecular complexity index is 1360. The van der Waals surface area contributed by atoms with Crippen LogP contribution in [0.4, 0.5) is 18.9 Å². The SMILES string of the molecule is COc1cc(CN2CCN(c3cccc4c3C(=O)N(Cc3ccc(C(F)(F)F)cc3)C4=O)CC2)cc(OC)c1. The average Bonchev–Trinajstić information content (AvgIpc) is 3.18. The maximum absolute atomic E-state index is 13.4. The highest BCUT2D eigenvalue weighted by molar-refractivity contribution is 6.23. The number of hydrogen-bond acceptors (Lipinski definition) is 6. The summed E-state index contributed by atoms with van der Waals surface area (Å²) in [6.07, 6.45) is -4.45. The van der Waals surface area contributed by atoms with E-state index in [0.717, 1.165) is 47.2 Å². The molecule has 3 aromatic rings. The highest BCUT2D eigenvalue weighted by atomic mass is 19.4. The van der Waals surface area contributed by atoms with Crippen LogP contribution in [-0.2, 0) is 19.3 Å². The second kappa shape index (κ2) is 10.6. The zero-order chi connectivity index (χ0) is 27.7. The molecule has 0 aromatic heterocycles. The number of methoxy groups -OCH3 is 2. The first-order valence-corrected chi connectivity index (χ1v) is 12.5. The average molecular weight is 540 g/mol. The van der Waals surface area contributed by atoms with Crippen molar-refractivity contribution in [1.82, 2.24) is 9.80 Å². The minimum atomic E-state index is -4.45. The van der Waals surface area contributed by atoms with Gasteiger partial charge in [0.1, 0.15) is 11.5 Å². The van der Waals surface area contributed by atoms with Crippen molar-refractivity contribution in [3.63, 3.8) is 0 Å². The van der Waals surface area contributed by atoms with E-state index < -0.39 is 23.6 Å². The van der Waals surface area contributed by atoms with Crippen LogP contribution in [0.15, 0.2) is 60.7 Å². The van der Waals surface area contributed by atoms with Gasteiger partial charge >= 0.3 is 6.18 Å². The highest BCUT2D eigenvalue weighted by Crippen LogP contribution is 2.34. The summed E-state index contributed by atoms with van der Waals surface area (Å²) in [5.74, 6) is 0.581. The van der Waals surface area contributed by atoms with Gasteiger partial charge in [-0.25, -0.2) is 0 Å². The lowest BCUT2D eigenvalue weighted by atomic mass is 10.1. The molecule has 0 radical (unpaired) electrons. The molecule has 204 valence electrons. The summed E-state index contributed by atoms with van der Waals surface area (Å²) < 4.78 is 49.5. The molecule has 2 amide bonds. The predicted molar refractivity (Wildman–Crippen MR) is 139 cm³/mol. The molecule has 7 nitrogen and oxygen atoms in total. The largest absolute Gasteiger partial charge is 0.497 e. The number of carbonyl (C=O) groups is 2. The number of anilines is 1. The summed E-state index contributed by atoms with van der Waals surface area (Å²) >= 11 is 0. The maximum Gasteiger partial charge on any atom is 0.416 e. The molecule has 1 saturated heterocycles. The number of fused-ring (bicyclic) bond motifs is 1. The van der Waals surface area contributed by atoms with Gasteiger partial charge in [-0.15, -0.1) is 0 Å². The summed E-state index contributed by atoms with van der Waals surface area (Å²) in [6.45, 7) is 3.45. The summed E-state index contributed by atoms with van der Waals surface area (Å²) in [5, 5.41) is 0. The van der Waals surface area contributed by atoms with E-state index in [9.17, 15) is 22.8 Å². The quantitative estimate of drug-likeness (QED) is 0.401. The lowest BCUT2D eigenvalue weighted by molar-refractivity contribution is -0.137. The number of imide groups is 1. The molecule has 5 rings (SSSR count). The van der Waals surface area contributed by atoms with Crippen LogP contribution in [0.1, 0.15) is 37.4 Å². The first-order valence-electron chi connectivity index (χ1n) is 12.5. The fourth-order valence-electron chi connectivity index (χ4n) is 5.07. The Hall–Kier alpha value is -4.05. The van der Waals surface area contributed by atoms with E-state index in [2.05, 4.69) is 9.80 Å². The van der Waals surface area contributed by atoms with Crippen LogP contribution in [0, 0.1) is 0 Å². The van der Waals surface area contributed by atoms with E-state index in [4.69, 9.17) is 9.47 Å². The lowest BCUT2D eigenvalue weighted by Crippen LogP contribution is -2.46. The van der Waals surface area contributed by atoms with Gasteiger partial charge in [0.05, 0.1) is 43.1 Å². The van der Waals surface area contributed by atoms with Crippen LogP contribution >= 0.6 is 0 Å². The van der Waals surface area contributed by atoms with Crippen LogP contribution in [0.25, 0.3) is 0 Å². The van der Waals surface area contributed by atoms with Crippen LogP contribution in [0.5, 0.6) is 11.5 Å². The van der Waals surface area contributed by atoms with Crippen molar-refractivity contribution in [1.29, 1.82) is 0 Å². The van der Waals surface area contributed by atoms with Crippen LogP contribution in [0.3, 0.4) is 0 Å². The number of ether oxygens (including phenoxy) is 2. The number of halogens is 3. The molecule has 10 heteroatoms. The van der Waals surface area contributed by atoms with Gasteiger partial charge in [0, 0.05) is 38.8 Å². The molecule has 1 fully saturated rings. The van der Waals surface area contributed by atoms with E-state index in [1.807, 2.05) is 24.3 Å². The van der Waals surface area contributed by atoms with E-state index >= 15 is 0 Å². The summed E-state index contributed by atoms with van der Waals surface area (Å²) in [7, 11) is 3.23. The van der Waals surface area contributed by atoms with Gasteiger partial charge in [0.2, 0.25) is 0 Å². The molecule has 0 saturated carbocycles. The molecule has 3 aromatic carbocycles. The van der Waals surface area contributed by atoms with Crippen LogP contribution in [0.2, 0.25) is 0 Å². The fourth-order valence-corrected chi connectivity index (χ4v) is 5.07.